The van der Waals surface area contributed by atoms with Crippen LogP contribution in [0.2, 0.25) is 0 Å². The van der Waals surface area contributed by atoms with Gasteiger partial charge in [0.1, 0.15) is 0 Å². The molecule has 1 heterocycles. The van der Waals surface area contributed by atoms with Crippen molar-refractivity contribution in [1.29, 1.82) is 0 Å². The van der Waals surface area contributed by atoms with Crippen molar-refractivity contribution in [2.24, 2.45) is 5.92 Å². The van der Waals surface area contributed by atoms with Gasteiger partial charge in [-0.25, -0.2) is 0 Å². The standard InChI is InChI=1S/C12H21NO2/c1-5-6-10-9(7-8-15-10)11(14)13-12(2,3)4/h5,9-10H,1,6-8H2,2-4H3,(H,13,14). The van der Waals surface area contributed by atoms with Gasteiger partial charge in [-0.15, -0.1) is 6.58 Å². The maximum Gasteiger partial charge on any atom is 0.226 e. The molecular formula is C12H21NO2. The molecule has 2 unspecified atom stereocenters. The Balaban J connectivity index is 2.54. The fourth-order valence-electron chi connectivity index (χ4n) is 1.81. The molecule has 1 aliphatic heterocycles. The molecule has 1 N–H and O–H groups in total. The highest BCUT2D eigenvalue weighted by Crippen LogP contribution is 2.24. The maximum atomic E-state index is 11.9. The third kappa shape index (κ3) is 3.67. The molecule has 0 radical (unpaired) electrons. The largest absolute Gasteiger partial charge is 0.377 e. The summed E-state index contributed by atoms with van der Waals surface area (Å²) in [6.07, 6.45) is 3.40. The van der Waals surface area contributed by atoms with Crippen molar-refractivity contribution in [3.63, 3.8) is 0 Å². The number of hydrogen-bond donors (Lipinski definition) is 1. The van der Waals surface area contributed by atoms with E-state index < -0.39 is 0 Å². The Morgan fingerprint density at radius 3 is 2.80 bits per heavy atom. The summed E-state index contributed by atoms with van der Waals surface area (Å²) in [4.78, 5) is 11.9. The van der Waals surface area contributed by atoms with Crippen LogP contribution in [0.3, 0.4) is 0 Å². The topological polar surface area (TPSA) is 38.3 Å². The minimum atomic E-state index is -0.168. The van der Waals surface area contributed by atoms with E-state index in [1.165, 1.54) is 0 Å². The van der Waals surface area contributed by atoms with E-state index in [-0.39, 0.29) is 23.5 Å². The number of amides is 1. The van der Waals surface area contributed by atoms with E-state index in [0.717, 1.165) is 12.8 Å². The SMILES string of the molecule is C=CCC1OCCC1C(=O)NC(C)(C)C. The van der Waals surface area contributed by atoms with Crippen LogP contribution < -0.4 is 5.32 Å². The molecule has 3 heteroatoms. The normalized spacial score (nSPS) is 26.3. The van der Waals surface area contributed by atoms with Crippen LogP contribution >= 0.6 is 0 Å². The molecule has 0 aromatic heterocycles. The molecule has 1 amide bonds. The number of hydrogen-bond acceptors (Lipinski definition) is 2. The third-order valence-electron chi connectivity index (χ3n) is 2.44. The van der Waals surface area contributed by atoms with Crippen LogP contribution in [0.5, 0.6) is 0 Å². The lowest BCUT2D eigenvalue weighted by atomic mass is 9.96. The molecule has 0 saturated carbocycles. The van der Waals surface area contributed by atoms with Crippen LogP contribution in [0, 0.1) is 5.92 Å². The molecule has 86 valence electrons. The Hall–Kier alpha value is -0.830. The predicted octanol–water partition coefficient (Wildman–Crippen LogP) is 1.88. The Morgan fingerprint density at radius 2 is 2.27 bits per heavy atom. The first-order valence-electron chi connectivity index (χ1n) is 5.48. The van der Waals surface area contributed by atoms with E-state index in [0.29, 0.717) is 6.61 Å². The van der Waals surface area contributed by atoms with E-state index in [1.807, 2.05) is 26.8 Å². The van der Waals surface area contributed by atoms with Crippen molar-refractivity contribution in [3.8, 4) is 0 Å². The summed E-state index contributed by atoms with van der Waals surface area (Å²) in [6, 6.07) is 0. The van der Waals surface area contributed by atoms with E-state index >= 15 is 0 Å². The van der Waals surface area contributed by atoms with E-state index in [9.17, 15) is 4.79 Å². The van der Waals surface area contributed by atoms with Gasteiger partial charge < -0.3 is 10.1 Å². The molecule has 1 saturated heterocycles. The van der Waals surface area contributed by atoms with Gasteiger partial charge in [-0.2, -0.15) is 0 Å². The number of carbonyl (C=O) groups is 1. The Labute approximate surface area is 91.9 Å². The van der Waals surface area contributed by atoms with Crippen LogP contribution in [0.4, 0.5) is 0 Å². The van der Waals surface area contributed by atoms with Crippen LogP contribution in [0.25, 0.3) is 0 Å². The van der Waals surface area contributed by atoms with Crippen molar-refractivity contribution < 1.29 is 9.53 Å². The Kier molecular flexibility index (Phi) is 3.91. The average molecular weight is 211 g/mol. The van der Waals surface area contributed by atoms with Crippen LogP contribution in [0.15, 0.2) is 12.7 Å². The van der Waals surface area contributed by atoms with Crippen LogP contribution in [-0.2, 0) is 9.53 Å². The average Bonchev–Trinajstić information content (AvgIpc) is 2.49. The fraction of sp³-hybridized carbons (Fsp3) is 0.750. The molecule has 1 aliphatic rings. The summed E-state index contributed by atoms with van der Waals surface area (Å²) in [5.74, 6) is 0.0917. The molecule has 1 rings (SSSR count). The highest BCUT2D eigenvalue weighted by Gasteiger charge is 2.34. The van der Waals surface area contributed by atoms with E-state index in [1.54, 1.807) is 0 Å². The fourth-order valence-corrected chi connectivity index (χ4v) is 1.81. The van der Waals surface area contributed by atoms with Gasteiger partial charge in [-0.3, -0.25) is 4.79 Å². The van der Waals surface area contributed by atoms with Crippen molar-refractivity contribution in [3.05, 3.63) is 12.7 Å². The summed E-state index contributed by atoms with van der Waals surface area (Å²) in [7, 11) is 0. The van der Waals surface area contributed by atoms with Gasteiger partial charge in [0.2, 0.25) is 5.91 Å². The lowest BCUT2D eigenvalue weighted by molar-refractivity contribution is -0.128. The zero-order chi connectivity index (χ0) is 11.5. The molecule has 0 aromatic carbocycles. The van der Waals surface area contributed by atoms with Gasteiger partial charge in [0.25, 0.3) is 0 Å². The lowest BCUT2D eigenvalue weighted by Gasteiger charge is -2.24. The molecule has 0 spiro atoms. The molecule has 0 aliphatic carbocycles. The first kappa shape index (κ1) is 12.2. The van der Waals surface area contributed by atoms with Crippen LogP contribution in [0.1, 0.15) is 33.6 Å². The molecular weight excluding hydrogens is 190 g/mol. The van der Waals surface area contributed by atoms with Gasteiger partial charge >= 0.3 is 0 Å². The molecule has 3 nitrogen and oxygen atoms in total. The quantitative estimate of drug-likeness (QED) is 0.724. The molecule has 2 atom stereocenters. The highest BCUT2D eigenvalue weighted by molar-refractivity contribution is 5.80. The summed E-state index contributed by atoms with van der Waals surface area (Å²) in [5.41, 5.74) is -0.168. The zero-order valence-corrected chi connectivity index (χ0v) is 9.88. The van der Waals surface area contributed by atoms with Crippen molar-refractivity contribution in [2.75, 3.05) is 6.61 Å². The van der Waals surface area contributed by atoms with Gasteiger partial charge in [0.05, 0.1) is 12.0 Å². The monoisotopic (exact) mass is 211 g/mol. The smallest absolute Gasteiger partial charge is 0.226 e. The minimum Gasteiger partial charge on any atom is -0.377 e. The molecule has 1 fully saturated rings. The van der Waals surface area contributed by atoms with Gasteiger partial charge in [0, 0.05) is 12.1 Å². The van der Waals surface area contributed by atoms with E-state index in [4.69, 9.17) is 4.74 Å². The maximum absolute atomic E-state index is 11.9. The number of ether oxygens (including phenoxy) is 1. The summed E-state index contributed by atoms with van der Waals surface area (Å²) in [5, 5.41) is 3.00. The Morgan fingerprint density at radius 1 is 1.60 bits per heavy atom. The minimum absolute atomic E-state index is 0.0118. The predicted molar refractivity (Wildman–Crippen MR) is 60.6 cm³/mol. The van der Waals surface area contributed by atoms with Crippen molar-refractivity contribution >= 4 is 5.91 Å². The van der Waals surface area contributed by atoms with E-state index in [2.05, 4.69) is 11.9 Å². The van der Waals surface area contributed by atoms with Crippen molar-refractivity contribution in [1.82, 2.24) is 5.32 Å². The van der Waals surface area contributed by atoms with Gasteiger partial charge in [0.15, 0.2) is 0 Å². The highest BCUT2D eigenvalue weighted by atomic mass is 16.5. The summed E-state index contributed by atoms with van der Waals surface area (Å²) >= 11 is 0. The summed E-state index contributed by atoms with van der Waals surface area (Å²) in [6.45, 7) is 10.3. The van der Waals surface area contributed by atoms with Crippen molar-refractivity contribution in [2.45, 2.75) is 45.3 Å². The number of rotatable bonds is 3. The zero-order valence-electron chi connectivity index (χ0n) is 9.88. The molecule has 0 bridgehead atoms. The lowest BCUT2D eigenvalue weighted by Crippen LogP contribution is -2.45. The molecule has 0 aromatic rings. The first-order valence-corrected chi connectivity index (χ1v) is 5.48. The summed E-state index contributed by atoms with van der Waals surface area (Å²) < 4.78 is 5.51. The van der Waals surface area contributed by atoms with Crippen LogP contribution in [-0.4, -0.2) is 24.2 Å². The second-order valence-corrected chi connectivity index (χ2v) is 5.07. The number of carbonyl (C=O) groups excluding carboxylic acids is 1. The molecule has 15 heavy (non-hydrogen) atoms. The number of nitrogens with one attached hydrogen (secondary N) is 1. The van der Waals surface area contributed by atoms with Gasteiger partial charge in [-0.1, -0.05) is 6.08 Å². The second kappa shape index (κ2) is 4.79. The first-order chi connectivity index (χ1) is 6.94. The second-order valence-electron chi connectivity index (χ2n) is 5.07. The third-order valence-corrected chi connectivity index (χ3v) is 2.44. The Bertz CT molecular complexity index is 242. The van der Waals surface area contributed by atoms with Gasteiger partial charge in [-0.05, 0) is 33.6 Å².